The predicted molar refractivity (Wildman–Crippen MR) is 78.3 cm³/mol. The summed E-state index contributed by atoms with van der Waals surface area (Å²) in [6.07, 6.45) is 1.66. The molecule has 1 aliphatic heterocycles. The third-order valence-electron chi connectivity index (χ3n) is 3.66. The summed E-state index contributed by atoms with van der Waals surface area (Å²) in [6.45, 7) is 6.94. The van der Waals surface area contributed by atoms with Crippen molar-refractivity contribution in [2.45, 2.75) is 39.2 Å². The molecule has 4 N–H and O–H groups in total. The lowest BCUT2D eigenvalue weighted by atomic mass is 9.94. The van der Waals surface area contributed by atoms with Crippen LogP contribution in [0, 0.1) is 13.8 Å². The van der Waals surface area contributed by atoms with Gasteiger partial charge in [0.1, 0.15) is 5.82 Å². The fourth-order valence-electron chi connectivity index (χ4n) is 2.81. The molecule has 1 atom stereocenters. The Hall–Kier alpha value is -1.82. The molecule has 0 amide bonds. The molecule has 1 aromatic rings. The first kappa shape index (κ1) is 14.6. The second kappa shape index (κ2) is 5.28. The molecular weight excluding hydrogens is 256 g/mol. The van der Waals surface area contributed by atoms with Crippen molar-refractivity contribution in [1.29, 1.82) is 0 Å². The van der Waals surface area contributed by atoms with Crippen LogP contribution in [0.5, 0.6) is 0 Å². The smallest absolute Gasteiger partial charge is 0.174 e. The number of hydrogen-bond acceptors (Lipinski definition) is 5. The summed E-state index contributed by atoms with van der Waals surface area (Å²) in [6, 6.07) is 1.90. The summed E-state index contributed by atoms with van der Waals surface area (Å²) in [4.78, 5) is 6.55. The van der Waals surface area contributed by atoms with Crippen LogP contribution in [0.1, 0.15) is 36.6 Å². The van der Waals surface area contributed by atoms with E-state index in [1.165, 1.54) is 0 Å². The van der Waals surface area contributed by atoms with Gasteiger partial charge in [-0.15, -0.1) is 0 Å². The number of hydrogen-bond donors (Lipinski definition) is 3. The standard InChI is InChI=1S/C14H22N4O2/c1-9-7-10(2)16-13(11(9)12(15)17-20)18-6-4-5-14(3,19)8-18/h7,19-20H,4-6,8H2,1-3H3,(H2,15,17). The highest BCUT2D eigenvalue weighted by Crippen LogP contribution is 2.28. The largest absolute Gasteiger partial charge is 0.409 e. The normalized spacial score (nSPS) is 24.0. The van der Waals surface area contributed by atoms with E-state index in [1.54, 1.807) is 0 Å². The Morgan fingerprint density at radius 3 is 2.80 bits per heavy atom. The fraction of sp³-hybridized carbons (Fsp3) is 0.571. The van der Waals surface area contributed by atoms with E-state index in [-0.39, 0.29) is 5.84 Å². The number of aryl methyl sites for hydroxylation is 2. The number of anilines is 1. The zero-order chi connectivity index (χ0) is 14.9. The van der Waals surface area contributed by atoms with Crippen LogP contribution in [-0.2, 0) is 0 Å². The van der Waals surface area contributed by atoms with Crippen LogP contribution in [0.25, 0.3) is 0 Å². The van der Waals surface area contributed by atoms with Crippen LogP contribution in [0.2, 0.25) is 0 Å². The Balaban J connectivity index is 2.49. The number of nitrogens with zero attached hydrogens (tertiary/aromatic N) is 3. The molecule has 1 aromatic heterocycles. The van der Waals surface area contributed by atoms with Gasteiger partial charge in [-0.2, -0.15) is 0 Å². The minimum absolute atomic E-state index is 0.0511. The zero-order valence-corrected chi connectivity index (χ0v) is 12.2. The number of rotatable bonds is 2. The summed E-state index contributed by atoms with van der Waals surface area (Å²) in [5.41, 5.74) is 7.47. The zero-order valence-electron chi connectivity index (χ0n) is 12.2. The number of β-amino-alcohol motifs (C(OH)–C–C–N with tert-alkyl or cyclic N) is 1. The van der Waals surface area contributed by atoms with E-state index in [0.717, 1.165) is 30.6 Å². The second-order valence-electron chi connectivity index (χ2n) is 5.79. The van der Waals surface area contributed by atoms with E-state index in [9.17, 15) is 5.11 Å². The van der Waals surface area contributed by atoms with Crippen LogP contribution < -0.4 is 10.6 Å². The van der Waals surface area contributed by atoms with Gasteiger partial charge in [-0.05, 0) is 45.2 Å². The lowest BCUT2D eigenvalue weighted by molar-refractivity contribution is 0.0447. The summed E-state index contributed by atoms with van der Waals surface area (Å²) in [7, 11) is 0. The highest BCUT2D eigenvalue weighted by atomic mass is 16.4. The number of amidine groups is 1. The molecular formula is C14H22N4O2. The third-order valence-corrected chi connectivity index (χ3v) is 3.66. The maximum Gasteiger partial charge on any atom is 0.174 e. The molecule has 0 aromatic carbocycles. The van der Waals surface area contributed by atoms with Crippen molar-refractivity contribution in [3.8, 4) is 0 Å². The molecule has 0 spiro atoms. The van der Waals surface area contributed by atoms with Gasteiger partial charge in [0.15, 0.2) is 5.84 Å². The number of pyridine rings is 1. The SMILES string of the molecule is Cc1cc(C)c(/C(N)=N/O)c(N2CCCC(C)(O)C2)n1. The van der Waals surface area contributed by atoms with Gasteiger partial charge in [0.05, 0.1) is 11.2 Å². The monoisotopic (exact) mass is 278 g/mol. The second-order valence-corrected chi connectivity index (χ2v) is 5.79. The topological polar surface area (TPSA) is 95.0 Å². The molecule has 20 heavy (non-hydrogen) atoms. The molecule has 0 aliphatic carbocycles. The molecule has 2 rings (SSSR count). The lowest BCUT2D eigenvalue weighted by Crippen LogP contribution is -2.47. The minimum Gasteiger partial charge on any atom is -0.409 e. The van der Waals surface area contributed by atoms with Crippen LogP contribution in [-0.4, -0.2) is 39.8 Å². The Bertz CT molecular complexity index is 540. The first-order valence-electron chi connectivity index (χ1n) is 6.77. The molecule has 0 bridgehead atoms. The minimum atomic E-state index is -0.736. The van der Waals surface area contributed by atoms with Crippen molar-refractivity contribution in [3.63, 3.8) is 0 Å². The molecule has 1 unspecified atom stereocenters. The number of aromatic nitrogens is 1. The third kappa shape index (κ3) is 2.85. The molecule has 0 saturated carbocycles. The van der Waals surface area contributed by atoms with Gasteiger partial charge >= 0.3 is 0 Å². The maximum atomic E-state index is 10.3. The van der Waals surface area contributed by atoms with Crippen molar-refractivity contribution >= 4 is 11.7 Å². The molecule has 1 fully saturated rings. The van der Waals surface area contributed by atoms with Crippen LogP contribution >= 0.6 is 0 Å². The maximum absolute atomic E-state index is 10.3. The molecule has 6 heteroatoms. The number of oxime groups is 1. The van der Waals surface area contributed by atoms with Crippen LogP contribution in [0.3, 0.4) is 0 Å². The van der Waals surface area contributed by atoms with Gasteiger partial charge in [0.2, 0.25) is 0 Å². The molecule has 0 radical (unpaired) electrons. The van der Waals surface area contributed by atoms with E-state index in [2.05, 4.69) is 10.1 Å². The predicted octanol–water partition coefficient (Wildman–Crippen LogP) is 1.14. The summed E-state index contributed by atoms with van der Waals surface area (Å²) < 4.78 is 0. The van der Waals surface area contributed by atoms with Crippen molar-refractivity contribution in [2.75, 3.05) is 18.0 Å². The fourth-order valence-corrected chi connectivity index (χ4v) is 2.81. The quantitative estimate of drug-likeness (QED) is 0.326. The Morgan fingerprint density at radius 2 is 2.20 bits per heavy atom. The first-order chi connectivity index (χ1) is 9.34. The molecule has 1 saturated heterocycles. The van der Waals surface area contributed by atoms with Gasteiger partial charge < -0.3 is 20.9 Å². The Morgan fingerprint density at radius 1 is 1.50 bits per heavy atom. The van der Waals surface area contributed by atoms with Gasteiger partial charge in [-0.3, -0.25) is 0 Å². The van der Waals surface area contributed by atoms with E-state index in [1.807, 2.05) is 31.7 Å². The van der Waals surface area contributed by atoms with Crippen molar-refractivity contribution in [2.24, 2.45) is 10.9 Å². The Labute approximate surface area is 118 Å². The molecule has 6 nitrogen and oxygen atoms in total. The van der Waals surface area contributed by atoms with Crippen molar-refractivity contribution in [3.05, 3.63) is 22.9 Å². The van der Waals surface area contributed by atoms with E-state index < -0.39 is 5.60 Å². The number of nitrogens with two attached hydrogens (primary N) is 1. The lowest BCUT2D eigenvalue weighted by Gasteiger charge is -2.38. The number of piperidine rings is 1. The van der Waals surface area contributed by atoms with E-state index in [4.69, 9.17) is 10.9 Å². The van der Waals surface area contributed by atoms with E-state index in [0.29, 0.717) is 17.9 Å². The average molecular weight is 278 g/mol. The highest BCUT2D eigenvalue weighted by Gasteiger charge is 2.31. The molecule has 110 valence electrons. The van der Waals surface area contributed by atoms with Crippen LogP contribution in [0.4, 0.5) is 5.82 Å². The molecule has 2 heterocycles. The first-order valence-corrected chi connectivity index (χ1v) is 6.77. The van der Waals surface area contributed by atoms with Gasteiger partial charge in [-0.1, -0.05) is 5.16 Å². The molecule has 1 aliphatic rings. The average Bonchev–Trinajstić information content (AvgIpc) is 2.35. The van der Waals surface area contributed by atoms with Crippen molar-refractivity contribution in [1.82, 2.24) is 4.98 Å². The Kier molecular flexibility index (Phi) is 3.85. The summed E-state index contributed by atoms with van der Waals surface area (Å²) in [5, 5.41) is 22.3. The highest BCUT2D eigenvalue weighted by molar-refractivity contribution is 6.02. The van der Waals surface area contributed by atoms with Crippen molar-refractivity contribution < 1.29 is 10.3 Å². The number of aliphatic hydroxyl groups is 1. The van der Waals surface area contributed by atoms with Crippen LogP contribution in [0.15, 0.2) is 11.2 Å². The van der Waals surface area contributed by atoms with Gasteiger partial charge in [-0.25, -0.2) is 4.98 Å². The van der Waals surface area contributed by atoms with Gasteiger partial charge in [0.25, 0.3) is 0 Å². The summed E-state index contributed by atoms with van der Waals surface area (Å²) >= 11 is 0. The van der Waals surface area contributed by atoms with Gasteiger partial charge in [0, 0.05) is 18.8 Å². The van der Waals surface area contributed by atoms with E-state index >= 15 is 0 Å². The summed E-state index contributed by atoms with van der Waals surface area (Å²) in [5.74, 6) is 0.730.